The summed E-state index contributed by atoms with van der Waals surface area (Å²) in [6, 6.07) is 14.1. The van der Waals surface area contributed by atoms with Crippen LogP contribution < -0.4 is 9.47 Å². The highest BCUT2D eigenvalue weighted by Gasteiger charge is 2.23. The number of benzene rings is 2. The van der Waals surface area contributed by atoms with E-state index in [9.17, 15) is 0 Å². The maximum absolute atomic E-state index is 5.85. The summed E-state index contributed by atoms with van der Waals surface area (Å²) in [6.45, 7) is 4.60. The van der Waals surface area contributed by atoms with Crippen molar-refractivity contribution < 1.29 is 9.47 Å². The number of fused-ring (bicyclic) bond motifs is 1. The highest BCUT2D eigenvalue weighted by Crippen LogP contribution is 2.39. The molecule has 2 heterocycles. The van der Waals surface area contributed by atoms with E-state index in [-0.39, 0.29) is 0 Å². The summed E-state index contributed by atoms with van der Waals surface area (Å²) in [7, 11) is 1.65. The van der Waals surface area contributed by atoms with E-state index in [2.05, 4.69) is 51.3 Å². The highest BCUT2D eigenvalue weighted by atomic mass is 79.9. The summed E-state index contributed by atoms with van der Waals surface area (Å²) < 4.78 is 14.1. The van der Waals surface area contributed by atoms with Crippen LogP contribution in [0, 0.1) is 6.92 Å². The minimum absolute atomic E-state index is 0.630. The monoisotopic (exact) mass is 484 g/mol. The van der Waals surface area contributed by atoms with Crippen LogP contribution in [0.5, 0.6) is 11.5 Å². The normalized spacial score (nSPS) is 14.4. The standard InChI is InChI=1S/C22H21BrN4O2S/c1-4-10-29-21-17(23)11-15(12-18(21)28-3)13-19-20(16-8-6-5-7-9-16)26-27-14(2)24-25-22(27)30-19/h5-9,11-13H,4,10H2,1-3H3/b19-13-. The highest BCUT2D eigenvalue weighted by molar-refractivity contribution is 9.10. The number of aromatic nitrogens is 3. The van der Waals surface area contributed by atoms with Crippen molar-refractivity contribution in [2.75, 3.05) is 13.7 Å². The first-order valence-corrected chi connectivity index (χ1v) is 11.2. The molecule has 0 saturated carbocycles. The second-order valence-electron chi connectivity index (χ2n) is 6.65. The quantitative estimate of drug-likeness (QED) is 0.459. The van der Waals surface area contributed by atoms with E-state index >= 15 is 0 Å². The fourth-order valence-electron chi connectivity index (χ4n) is 3.03. The molecule has 0 bridgehead atoms. The Morgan fingerprint density at radius 2 is 1.97 bits per heavy atom. The van der Waals surface area contributed by atoms with Gasteiger partial charge in [-0.05, 0) is 64.8 Å². The van der Waals surface area contributed by atoms with Crippen LogP contribution in [-0.4, -0.2) is 34.3 Å². The van der Waals surface area contributed by atoms with Gasteiger partial charge in [0, 0.05) is 10.5 Å². The zero-order valence-electron chi connectivity index (χ0n) is 16.9. The van der Waals surface area contributed by atoms with Crippen LogP contribution in [0.4, 0.5) is 0 Å². The van der Waals surface area contributed by atoms with Crippen LogP contribution in [0.3, 0.4) is 0 Å². The van der Waals surface area contributed by atoms with Gasteiger partial charge in [-0.3, -0.25) is 0 Å². The molecule has 2 aromatic carbocycles. The second kappa shape index (κ2) is 9.06. The van der Waals surface area contributed by atoms with Gasteiger partial charge in [-0.25, -0.2) is 0 Å². The lowest BCUT2D eigenvalue weighted by Gasteiger charge is -2.17. The zero-order valence-corrected chi connectivity index (χ0v) is 19.3. The molecule has 1 aliphatic heterocycles. The summed E-state index contributed by atoms with van der Waals surface area (Å²) in [5.74, 6) is 2.15. The molecule has 0 saturated heterocycles. The molecule has 0 N–H and O–H groups in total. The van der Waals surface area contributed by atoms with Gasteiger partial charge in [0.2, 0.25) is 5.16 Å². The third kappa shape index (κ3) is 4.15. The lowest BCUT2D eigenvalue weighted by Crippen LogP contribution is -2.12. The molecule has 4 rings (SSSR count). The molecule has 0 unspecified atom stereocenters. The largest absolute Gasteiger partial charge is 0.493 e. The first-order valence-electron chi connectivity index (χ1n) is 9.57. The summed E-state index contributed by atoms with van der Waals surface area (Å²) >= 11 is 5.17. The Morgan fingerprint density at radius 1 is 1.17 bits per heavy atom. The Balaban J connectivity index is 1.79. The van der Waals surface area contributed by atoms with E-state index in [4.69, 9.17) is 14.6 Å². The lowest BCUT2D eigenvalue weighted by atomic mass is 10.1. The topological polar surface area (TPSA) is 61.5 Å². The van der Waals surface area contributed by atoms with Gasteiger partial charge in [-0.1, -0.05) is 37.3 Å². The lowest BCUT2D eigenvalue weighted by molar-refractivity contribution is 0.292. The average molecular weight is 485 g/mol. The molecule has 0 fully saturated rings. The number of methoxy groups -OCH3 is 1. The van der Waals surface area contributed by atoms with Crippen molar-refractivity contribution in [1.29, 1.82) is 0 Å². The Hall–Kier alpha value is -2.58. The number of allylic oxidation sites excluding steroid dienone is 1. The fraction of sp³-hybridized carbons (Fsp3) is 0.227. The molecular weight excluding hydrogens is 464 g/mol. The third-order valence-electron chi connectivity index (χ3n) is 4.45. The van der Waals surface area contributed by atoms with E-state index < -0.39 is 0 Å². The predicted molar refractivity (Wildman–Crippen MR) is 123 cm³/mol. The fourth-order valence-corrected chi connectivity index (χ4v) is 4.59. The molecular formula is C22H21BrN4O2S. The maximum atomic E-state index is 5.85. The number of ether oxygens (including phenoxy) is 2. The summed E-state index contributed by atoms with van der Waals surface area (Å²) in [4.78, 5) is 0.984. The SMILES string of the molecule is CCCOc1c(Br)cc(/C=C2\Sc3nnc(C)n3N=C2c2ccccc2)cc1OC. The third-order valence-corrected chi connectivity index (χ3v) is 6.01. The van der Waals surface area contributed by atoms with E-state index in [0.29, 0.717) is 18.1 Å². The van der Waals surface area contributed by atoms with Crippen molar-refractivity contribution in [2.24, 2.45) is 5.10 Å². The van der Waals surface area contributed by atoms with Crippen LogP contribution >= 0.6 is 27.7 Å². The van der Waals surface area contributed by atoms with E-state index in [1.54, 1.807) is 23.5 Å². The number of hydrogen-bond donors (Lipinski definition) is 0. The van der Waals surface area contributed by atoms with Gasteiger partial charge in [-0.15, -0.1) is 10.2 Å². The number of thioether (sulfide) groups is 1. The van der Waals surface area contributed by atoms with Gasteiger partial charge in [0.25, 0.3) is 0 Å². The minimum Gasteiger partial charge on any atom is -0.493 e. The van der Waals surface area contributed by atoms with Crippen molar-refractivity contribution >= 4 is 39.5 Å². The molecule has 8 heteroatoms. The summed E-state index contributed by atoms with van der Waals surface area (Å²) in [5, 5.41) is 14.0. The molecule has 0 aliphatic carbocycles. The molecule has 0 atom stereocenters. The first-order chi connectivity index (χ1) is 14.6. The van der Waals surface area contributed by atoms with Crippen LogP contribution in [0.2, 0.25) is 0 Å². The number of aryl methyl sites for hydroxylation is 1. The zero-order chi connectivity index (χ0) is 21.1. The van der Waals surface area contributed by atoms with Gasteiger partial charge in [0.15, 0.2) is 17.3 Å². The van der Waals surface area contributed by atoms with Gasteiger partial charge < -0.3 is 9.47 Å². The molecule has 1 aromatic heterocycles. The maximum Gasteiger partial charge on any atom is 0.216 e. The Bertz CT molecular complexity index is 1130. The van der Waals surface area contributed by atoms with Crippen molar-refractivity contribution in [1.82, 2.24) is 14.9 Å². The molecule has 30 heavy (non-hydrogen) atoms. The number of rotatable bonds is 6. The van der Waals surface area contributed by atoms with Gasteiger partial charge in [0.1, 0.15) is 5.71 Å². The second-order valence-corrected chi connectivity index (χ2v) is 8.51. The van der Waals surface area contributed by atoms with Crippen LogP contribution in [0.1, 0.15) is 30.3 Å². The minimum atomic E-state index is 0.630. The Kier molecular flexibility index (Phi) is 6.24. The molecule has 3 aromatic rings. The van der Waals surface area contributed by atoms with Crippen molar-refractivity contribution in [3.8, 4) is 11.5 Å². The summed E-state index contributed by atoms with van der Waals surface area (Å²) in [6.07, 6.45) is 3.01. The average Bonchev–Trinajstić information content (AvgIpc) is 3.12. The van der Waals surface area contributed by atoms with Crippen LogP contribution in [-0.2, 0) is 0 Å². The van der Waals surface area contributed by atoms with E-state index in [1.807, 2.05) is 37.3 Å². The first kappa shape index (κ1) is 20.7. The van der Waals surface area contributed by atoms with Gasteiger partial charge in [0.05, 0.1) is 18.2 Å². The van der Waals surface area contributed by atoms with Gasteiger partial charge in [-0.2, -0.15) is 9.78 Å². The van der Waals surface area contributed by atoms with Crippen LogP contribution in [0.15, 0.2) is 62.1 Å². The number of halogens is 1. The molecule has 0 radical (unpaired) electrons. The van der Waals surface area contributed by atoms with Gasteiger partial charge >= 0.3 is 0 Å². The van der Waals surface area contributed by atoms with Crippen molar-refractivity contribution in [3.63, 3.8) is 0 Å². The molecule has 6 nitrogen and oxygen atoms in total. The van der Waals surface area contributed by atoms with Crippen molar-refractivity contribution in [3.05, 3.63) is 68.8 Å². The van der Waals surface area contributed by atoms with E-state index in [0.717, 1.165) is 43.6 Å². The summed E-state index contributed by atoms with van der Waals surface area (Å²) in [5.41, 5.74) is 2.87. The Labute approximate surface area is 188 Å². The predicted octanol–water partition coefficient (Wildman–Crippen LogP) is 5.55. The molecule has 0 spiro atoms. The smallest absolute Gasteiger partial charge is 0.216 e. The van der Waals surface area contributed by atoms with E-state index in [1.165, 1.54) is 0 Å². The number of hydrogen-bond acceptors (Lipinski definition) is 6. The molecule has 154 valence electrons. The van der Waals surface area contributed by atoms with Crippen molar-refractivity contribution in [2.45, 2.75) is 25.4 Å². The Morgan fingerprint density at radius 3 is 2.70 bits per heavy atom. The number of nitrogens with zero attached hydrogens (tertiary/aromatic N) is 4. The molecule has 1 aliphatic rings. The molecule has 0 amide bonds. The van der Waals surface area contributed by atoms with Crippen LogP contribution in [0.25, 0.3) is 6.08 Å².